The number of anilines is 1. The van der Waals surface area contributed by atoms with Crippen LogP contribution in [-0.2, 0) is 12.8 Å². The maximum atomic E-state index is 6.19. The van der Waals surface area contributed by atoms with E-state index in [1.165, 1.54) is 11.1 Å². The van der Waals surface area contributed by atoms with Crippen molar-refractivity contribution in [1.82, 2.24) is 0 Å². The van der Waals surface area contributed by atoms with Gasteiger partial charge in [0.2, 0.25) is 0 Å². The van der Waals surface area contributed by atoms with Crippen LogP contribution in [0.1, 0.15) is 24.0 Å². The molecule has 0 saturated carbocycles. The molecule has 140 valence electrons. The van der Waals surface area contributed by atoms with Crippen molar-refractivity contribution in [3.8, 4) is 5.75 Å². The standard InChI is InChI=1S/C24H26ClNO/c25-24-13-5-4-11-21(24)12-6-18-26-22-14-16-23(17-15-22)27-19-7-10-20-8-2-1-3-9-20/h1-5,8-9,11,13-17,26H,6-7,10,12,18-19H2. The Bertz CT molecular complexity index is 802. The van der Waals surface area contributed by atoms with Crippen molar-refractivity contribution in [3.05, 3.63) is 95.0 Å². The average molecular weight is 380 g/mol. The van der Waals surface area contributed by atoms with E-state index in [0.717, 1.165) is 55.3 Å². The van der Waals surface area contributed by atoms with E-state index < -0.39 is 0 Å². The highest BCUT2D eigenvalue weighted by Gasteiger charge is 2.00. The van der Waals surface area contributed by atoms with E-state index in [2.05, 4.69) is 47.8 Å². The molecule has 0 aliphatic carbocycles. The number of halogens is 1. The zero-order valence-corrected chi connectivity index (χ0v) is 16.3. The van der Waals surface area contributed by atoms with Crippen LogP contribution in [-0.4, -0.2) is 13.2 Å². The SMILES string of the molecule is Clc1ccccc1CCCNc1ccc(OCCCc2ccccc2)cc1. The van der Waals surface area contributed by atoms with Crippen molar-refractivity contribution in [2.75, 3.05) is 18.5 Å². The number of rotatable bonds is 10. The van der Waals surface area contributed by atoms with Crippen LogP contribution in [0.5, 0.6) is 5.75 Å². The highest BCUT2D eigenvalue weighted by Crippen LogP contribution is 2.18. The van der Waals surface area contributed by atoms with E-state index >= 15 is 0 Å². The highest BCUT2D eigenvalue weighted by molar-refractivity contribution is 6.31. The summed E-state index contributed by atoms with van der Waals surface area (Å²) in [6, 6.07) is 26.8. The molecular formula is C24H26ClNO. The lowest BCUT2D eigenvalue weighted by atomic mass is 10.1. The van der Waals surface area contributed by atoms with Gasteiger partial charge in [-0.3, -0.25) is 0 Å². The second-order valence-electron chi connectivity index (χ2n) is 6.58. The van der Waals surface area contributed by atoms with Gasteiger partial charge in [0.15, 0.2) is 0 Å². The Morgan fingerprint density at radius 2 is 1.48 bits per heavy atom. The second-order valence-corrected chi connectivity index (χ2v) is 6.99. The van der Waals surface area contributed by atoms with Gasteiger partial charge in [-0.1, -0.05) is 60.1 Å². The molecule has 0 heterocycles. The third kappa shape index (κ3) is 6.65. The number of hydrogen-bond acceptors (Lipinski definition) is 2. The van der Waals surface area contributed by atoms with Gasteiger partial charge in [0, 0.05) is 17.3 Å². The van der Waals surface area contributed by atoms with Gasteiger partial charge in [-0.15, -0.1) is 0 Å². The molecule has 0 aromatic heterocycles. The van der Waals surface area contributed by atoms with Crippen molar-refractivity contribution < 1.29 is 4.74 Å². The fourth-order valence-corrected chi connectivity index (χ4v) is 3.22. The summed E-state index contributed by atoms with van der Waals surface area (Å²) in [6.45, 7) is 1.65. The quantitative estimate of drug-likeness (QED) is 0.412. The Morgan fingerprint density at radius 3 is 2.26 bits per heavy atom. The first kappa shape index (κ1) is 19.3. The molecule has 0 radical (unpaired) electrons. The summed E-state index contributed by atoms with van der Waals surface area (Å²) in [4.78, 5) is 0. The van der Waals surface area contributed by atoms with E-state index in [9.17, 15) is 0 Å². The number of benzene rings is 3. The summed E-state index contributed by atoms with van der Waals surface area (Å²) in [5.41, 5.74) is 3.68. The van der Waals surface area contributed by atoms with Crippen LogP contribution < -0.4 is 10.1 Å². The molecular weight excluding hydrogens is 354 g/mol. The summed E-state index contributed by atoms with van der Waals surface area (Å²) < 4.78 is 5.84. The summed E-state index contributed by atoms with van der Waals surface area (Å²) in [5.74, 6) is 0.921. The largest absolute Gasteiger partial charge is 0.494 e. The van der Waals surface area contributed by atoms with Crippen LogP contribution in [0.3, 0.4) is 0 Å². The molecule has 0 aliphatic heterocycles. The van der Waals surface area contributed by atoms with Crippen molar-refractivity contribution >= 4 is 17.3 Å². The van der Waals surface area contributed by atoms with E-state index in [1.54, 1.807) is 0 Å². The number of aryl methyl sites for hydroxylation is 2. The van der Waals surface area contributed by atoms with Crippen LogP contribution >= 0.6 is 11.6 Å². The molecule has 0 unspecified atom stereocenters. The zero-order chi connectivity index (χ0) is 18.7. The van der Waals surface area contributed by atoms with E-state index in [4.69, 9.17) is 16.3 Å². The van der Waals surface area contributed by atoms with Crippen molar-refractivity contribution in [1.29, 1.82) is 0 Å². The first-order valence-corrected chi connectivity index (χ1v) is 9.93. The molecule has 0 amide bonds. The number of nitrogens with one attached hydrogen (secondary N) is 1. The average Bonchev–Trinajstić information content (AvgIpc) is 2.71. The Hall–Kier alpha value is -2.45. The Labute approximate surface area is 167 Å². The van der Waals surface area contributed by atoms with Gasteiger partial charge in [-0.05, 0) is 67.1 Å². The lowest BCUT2D eigenvalue weighted by Gasteiger charge is -2.09. The van der Waals surface area contributed by atoms with Crippen LogP contribution in [0.15, 0.2) is 78.9 Å². The van der Waals surface area contributed by atoms with E-state index in [-0.39, 0.29) is 0 Å². The second kappa shape index (κ2) is 10.6. The molecule has 0 aliphatic rings. The van der Waals surface area contributed by atoms with Crippen molar-refractivity contribution in [2.24, 2.45) is 0 Å². The molecule has 3 aromatic carbocycles. The topological polar surface area (TPSA) is 21.3 Å². The lowest BCUT2D eigenvalue weighted by Crippen LogP contribution is -2.03. The molecule has 0 spiro atoms. The predicted octanol–water partition coefficient (Wildman–Crippen LogP) is 6.40. The first-order valence-electron chi connectivity index (χ1n) is 9.55. The summed E-state index contributed by atoms with van der Waals surface area (Å²) in [7, 11) is 0. The zero-order valence-electron chi connectivity index (χ0n) is 15.5. The fourth-order valence-electron chi connectivity index (χ4n) is 2.99. The summed E-state index contributed by atoms with van der Waals surface area (Å²) in [5, 5.41) is 4.30. The van der Waals surface area contributed by atoms with Gasteiger partial charge in [0.1, 0.15) is 5.75 Å². The van der Waals surface area contributed by atoms with Crippen LogP contribution in [0.2, 0.25) is 5.02 Å². The molecule has 3 aromatic rings. The molecule has 2 nitrogen and oxygen atoms in total. The lowest BCUT2D eigenvalue weighted by molar-refractivity contribution is 0.311. The molecule has 0 saturated heterocycles. The molecule has 0 fully saturated rings. The maximum Gasteiger partial charge on any atom is 0.119 e. The third-order valence-electron chi connectivity index (χ3n) is 4.49. The Kier molecular flexibility index (Phi) is 7.61. The normalized spacial score (nSPS) is 10.6. The highest BCUT2D eigenvalue weighted by atomic mass is 35.5. The van der Waals surface area contributed by atoms with Gasteiger partial charge < -0.3 is 10.1 Å². The van der Waals surface area contributed by atoms with Crippen molar-refractivity contribution in [3.63, 3.8) is 0 Å². The number of hydrogen-bond donors (Lipinski definition) is 1. The van der Waals surface area contributed by atoms with Gasteiger partial charge in [-0.2, -0.15) is 0 Å². The predicted molar refractivity (Wildman–Crippen MR) is 115 cm³/mol. The minimum absolute atomic E-state index is 0.736. The van der Waals surface area contributed by atoms with Crippen LogP contribution in [0.4, 0.5) is 5.69 Å². The fraction of sp³-hybridized carbons (Fsp3) is 0.250. The van der Waals surface area contributed by atoms with Gasteiger partial charge >= 0.3 is 0 Å². The minimum atomic E-state index is 0.736. The molecule has 3 heteroatoms. The number of ether oxygens (including phenoxy) is 1. The molecule has 0 bridgehead atoms. The first-order chi connectivity index (χ1) is 13.3. The minimum Gasteiger partial charge on any atom is -0.494 e. The Morgan fingerprint density at radius 1 is 0.741 bits per heavy atom. The molecule has 27 heavy (non-hydrogen) atoms. The molecule has 0 atom stereocenters. The Balaban J connectivity index is 1.33. The molecule has 1 N–H and O–H groups in total. The smallest absolute Gasteiger partial charge is 0.119 e. The van der Waals surface area contributed by atoms with Crippen molar-refractivity contribution in [2.45, 2.75) is 25.7 Å². The van der Waals surface area contributed by atoms with Gasteiger partial charge in [-0.25, -0.2) is 0 Å². The maximum absolute atomic E-state index is 6.19. The third-order valence-corrected chi connectivity index (χ3v) is 4.85. The van der Waals surface area contributed by atoms with E-state index in [1.807, 2.05) is 36.4 Å². The van der Waals surface area contributed by atoms with E-state index in [0.29, 0.717) is 0 Å². The van der Waals surface area contributed by atoms with Crippen LogP contribution in [0.25, 0.3) is 0 Å². The summed E-state index contributed by atoms with van der Waals surface area (Å²) >= 11 is 6.19. The van der Waals surface area contributed by atoms with Gasteiger partial charge in [0.25, 0.3) is 0 Å². The monoisotopic (exact) mass is 379 g/mol. The molecule has 3 rings (SSSR count). The summed E-state index contributed by atoms with van der Waals surface area (Å²) in [6.07, 6.45) is 4.09. The van der Waals surface area contributed by atoms with Gasteiger partial charge in [0.05, 0.1) is 6.61 Å². The van der Waals surface area contributed by atoms with Crippen LogP contribution in [0, 0.1) is 0 Å².